The molecule has 0 saturated heterocycles. The maximum atomic E-state index is 11.8. The Morgan fingerprint density at radius 2 is 2.00 bits per heavy atom. The maximum Gasteiger partial charge on any atom is 0.305 e. The average molecular weight is 438 g/mol. The Hall–Kier alpha value is -2.73. The third-order valence-corrected chi connectivity index (χ3v) is 5.39. The number of imidazole rings is 1. The molecule has 0 amide bonds. The zero-order valence-electron chi connectivity index (χ0n) is 15.7. The summed E-state index contributed by atoms with van der Waals surface area (Å²) in [6.45, 7) is 2.03. The third-order valence-electron chi connectivity index (χ3n) is 4.90. The molecular weight excluding hydrogens is 418 g/mol. The molecule has 5 nitrogen and oxygen atoms in total. The lowest BCUT2D eigenvalue weighted by Crippen LogP contribution is -2.09. The van der Waals surface area contributed by atoms with Crippen molar-refractivity contribution in [2.24, 2.45) is 4.99 Å². The largest absolute Gasteiger partial charge is 0.469 e. The Morgan fingerprint density at radius 1 is 1.21 bits per heavy atom. The Kier molecular flexibility index (Phi) is 5.13. The van der Waals surface area contributed by atoms with E-state index in [2.05, 4.69) is 49.7 Å². The van der Waals surface area contributed by atoms with Crippen LogP contribution in [0.15, 0.2) is 64.2 Å². The Balaban J connectivity index is 1.93. The molecule has 1 atom stereocenters. The highest BCUT2D eigenvalue weighted by Gasteiger charge is 2.27. The highest BCUT2D eigenvalue weighted by Crippen LogP contribution is 2.34. The molecule has 3 aromatic rings. The molecule has 0 fully saturated rings. The van der Waals surface area contributed by atoms with E-state index >= 15 is 0 Å². The van der Waals surface area contributed by atoms with Gasteiger partial charge in [-0.1, -0.05) is 46.3 Å². The quantitative estimate of drug-likeness (QED) is 0.551. The SMILES string of the molecule is COC(=O)CCC1N=C(c2ccccc2)c2cc(Br)ccc2-n2c(C)cnc21. The molecule has 1 aliphatic heterocycles. The molecule has 1 aliphatic rings. The molecule has 6 heteroatoms. The first-order chi connectivity index (χ1) is 13.6. The van der Waals surface area contributed by atoms with Crippen LogP contribution in [0.1, 0.15) is 41.5 Å². The number of aryl methyl sites for hydroxylation is 1. The lowest BCUT2D eigenvalue weighted by atomic mass is 10.0. The van der Waals surface area contributed by atoms with E-state index in [0.717, 1.165) is 38.5 Å². The highest BCUT2D eigenvalue weighted by molar-refractivity contribution is 9.10. The Bertz CT molecular complexity index is 1060. The minimum Gasteiger partial charge on any atom is -0.469 e. The molecule has 0 N–H and O–H groups in total. The van der Waals surface area contributed by atoms with E-state index in [1.807, 2.05) is 37.4 Å². The molecule has 1 unspecified atom stereocenters. The fourth-order valence-corrected chi connectivity index (χ4v) is 3.92. The molecule has 1 aromatic heterocycles. The van der Waals surface area contributed by atoms with Gasteiger partial charge in [-0.05, 0) is 31.5 Å². The van der Waals surface area contributed by atoms with E-state index in [-0.39, 0.29) is 12.0 Å². The van der Waals surface area contributed by atoms with Gasteiger partial charge < -0.3 is 4.74 Å². The van der Waals surface area contributed by atoms with Gasteiger partial charge in [0.2, 0.25) is 0 Å². The number of halogens is 1. The van der Waals surface area contributed by atoms with Crippen LogP contribution in [0.25, 0.3) is 5.69 Å². The van der Waals surface area contributed by atoms with E-state index in [1.165, 1.54) is 7.11 Å². The van der Waals surface area contributed by atoms with Crippen molar-refractivity contribution in [2.45, 2.75) is 25.8 Å². The molecule has 2 aromatic carbocycles. The van der Waals surface area contributed by atoms with E-state index in [0.29, 0.717) is 12.8 Å². The number of esters is 1. The van der Waals surface area contributed by atoms with Gasteiger partial charge in [-0.3, -0.25) is 14.4 Å². The minimum atomic E-state index is -0.241. The van der Waals surface area contributed by atoms with Crippen LogP contribution >= 0.6 is 15.9 Å². The van der Waals surface area contributed by atoms with Crippen molar-refractivity contribution in [3.63, 3.8) is 0 Å². The summed E-state index contributed by atoms with van der Waals surface area (Å²) in [6.07, 6.45) is 2.68. The number of methoxy groups -OCH3 is 1. The van der Waals surface area contributed by atoms with Crippen LogP contribution in [0, 0.1) is 6.92 Å². The van der Waals surface area contributed by atoms with E-state index in [1.54, 1.807) is 0 Å². The molecule has 0 radical (unpaired) electrons. The fraction of sp³-hybridized carbons (Fsp3) is 0.227. The van der Waals surface area contributed by atoms with Gasteiger partial charge in [-0.15, -0.1) is 0 Å². The average Bonchev–Trinajstić information content (AvgIpc) is 3.03. The number of aliphatic imine (C=N–C) groups is 1. The molecule has 142 valence electrons. The fourth-order valence-electron chi connectivity index (χ4n) is 3.56. The second-order valence-corrected chi connectivity index (χ2v) is 7.64. The summed E-state index contributed by atoms with van der Waals surface area (Å²) >= 11 is 3.60. The van der Waals surface area contributed by atoms with Crippen LogP contribution in [0.5, 0.6) is 0 Å². The summed E-state index contributed by atoms with van der Waals surface area (Å²) in [7, 11) is 1.41. The topological polar surface area (TPSA) is 56.5 Å². The van der Waals surface area contributed by atoms with Gasteiger partial charge in [0.05, 0.1) is 18.5 Å². The molecule has 0 bridgehead atoms. The number of hydrogen-bond donors (Lipinski definition) is 0. The van der Waals surface area contributed by atoms with Gasteiger partial charge in [-0.25, -0.2) is 4.98 Å². The third kappa shape index (κ3) is 3.40. The first-order valence-electron chi connectivity index (χ1n) is 9.13. The van der Waals surface area contributed by atoms with Crippen LogP contribution in [-0.2, 0) is 9.53 Å². The van der Waals surface area contributed by atoms with Gasteiger partial charge in [0.25, 0.3) is 0 Å². The standard InChI is InChI=1S/C22H20BrN3O2/c1-14-13-24-22-18(9-11-20(27)28-2)25-21(15-6-4-3-5-7-15)17-12-16(23)8-10-19(17)26(14)22/h3-8,10,12-13,18H,9,11H2,1-2H3. The molecule has 0 aliphatic carbocycles. The second-order valence-electron chi connectivity index (χ2n) is 6.73. The van der Waals surface area contributed by atoms with Crippen LogP contribution in [0.2, 0.25) is 0 Å². The number of carbonyl (C=O) groups is 1. The van der Waals surface area contributed by atoms with Crippen molar-refractivity contribution in [3.05, 3.63) is 81.8 Å². The second kappa shape index (κ2) is 7.72. The van der Waals surface area contributed by atoms with Gasteiger partial charge in [0, 0.05) is 33.9 Å². The first-order valence-corrected chi connectivity index (χ1v) is 9.92. The summed E-state index contributed by atoms with van der Waals surface area (Å²) in [5.41, 5.74) is 5.04. The number of aromatic nitrogens is 2. The van der Waals surface area contributed by atoms with Crippen LogP contribution in [0.4, 0.5) is 0 Å². The molecule has 2 heterocycles. The van der Waals surface area contributed by atoms with E-state index < -0.39 is 0 Å². The van der Waals surface area contributed by atoms with Crippen LogP contribution in [0.3, 0.4) is 0 Å². The first kappa shape index (κ1) is 18.6. The Morgan fingerprint density at radius 3 is 2.75 bits per heavy atom. The normalized spacial score (nSPS) is 15.2. The zero-order valence-corrected chi connectivity index (χ0v) is 17.3. The van der Waals surface area contributed by atoms with Crippen LogP contribution < -0.4 is 0 Å². The number of ether oxygens (including phenoxy) is 1. The van der Waals surface area contributed by atoms with Crippen molar-refractivity contribution in [1.82, 2.24) is 9.55 Å². The van der Waals surface area contributed by atoms with Crippen molar-refractivity contribution in [1.29, 1.82) is 0 Å². The van der Waals surface area contributed by atoms with Gasteiger partial charge in [0.1, 0.15) is 11.9 Å². The summed E-state index contributed by atoms with van der Waals surface area (Å²) in [6, 6.07) is 16.1. The summed E-state index contributed by atoms with van der Waals surface area (Å²) in [5.74, 6) is 0.603. The van der Waals surface area contributed by atoms with E-state index in [4.69, 9.17) is 9.73 Å². The number of hydrogen-bond acceptors (Lipinski definition) is 4. The Labute approximate surface area is 172 Å². The number of rotatable bonds is 4. The molecule has 0 spiro atoms. The molecule has 4 rings (SSSR count). The van der Waals surface area contributed by atoms with Gasteiger partial charge in [-0.2, -0.15) is 0 Å². The monoisotopic (exact) mass is 437 g/mol. The predicted octanol–water partition coefficient (Wildman–Crippen LogP) is 4.79. The smallest absolute Gasteiger partial charge is 0.305 e. The zero-order chi connectivity index (χ0) is 19.7. The lowest BCUT2D eigenvalue weighted by Gasteiger charge is -2.14. The summed E-state index contributed by atoms with van der Waals surface area (Å²) in [5, 5.41) is 0. The lowest BCUT2D eigenvalue weighted by molar-refractivity contribution is -0.140. The highest BCUT2D eigenvalue weighted by atomic mass is 79.9. The molecule has 28 heavy (non-hydrogen) atoms. The van der Waals surface area contributed by atoms with Crippen LogP contribution in [-0.4, -0.2) is 28.3 Å². The number of carbonyl (C=O) groups excluding carboxylic acids is 1. The number of benzene rings is 2. The van der Waals surface area contributed by atoms with Crippen molar-refractivity contribution in [2.75, 3.05) is 7.11 Å². The van der Waals surface area contributed by atoms with Gasteiger partial charge in [0.15, 0.2) is 0 Å². The predicted molar refractivity (Wildman–Crippen MR) is 112 cm³/mol. The van der Waals surface area contributed by atoms with Gasteiger partial charge >= 0.3 is 5.97 Å². The molecule has 0 saturated carbocycles. The van der Waals surface area contributed by atoms with E-state index in [9.17, 15) is 4.79 Å². The number of nitrogens with zero attached hydrogens (tertiary/aromatic N) is 3. The van der Waals surface area contributed by atoms with Crippen molar-refractivity contribution < 1.29 is 9.53 Å². The maximum absolute atomic E-state index is 11.8. The summed E-state index contributed by atoms with van der Waals surface area (Å²) < 4.78 is 7.96. The minimum absolute atomic E-state index is 0.240. The molecular formula is C22H20BrN3O2. The summed E-state index contributed by atoms with van der Waals surface area (Å²) in [4.78, 5) is 21.5. The number of fused-ring (bicyclic) bond motifs is 3. The van der Waals surface area contributed by atoms with Crippen molar-refractivity contribution in [3.8, 4) is 5.69 Å². The van der Waals surface area contributed by atoms with Crippen molar-refractivity contribution >= 4 is 27.6 Å².